The summed E-state index contributed by atoms with van der Waals surface area (Å²) in [7, 11) is 1.56. The van der Waals surface area contributed by atoms with Gasteiger partial charge in [-0.3, -0.25) is 15.2 Å². The van der Waals surface area contributed by atoms with Gasteiger partial charge in [-0.15, -0.1) is 11.3 Å². The number of hydrogen-bond acceptors (Lipinski definition) is 7. The van der Waals surface area contributed by atoms with E-state index >= 15 is 0 Å². The highest BCUT2D eigenvalue weighted by Gasteiger charge is 2.19. The molecule has 0 fully saturated rings. The second-order valence-electron chi connectivity index (χ2n) is 7.99. The summed E-state index contributed by atoms with van der Waals surface area (Å²) in [6, 6.07) is 9.90. The van der Waals surface area contributed by atoms with E-state index in [1.165, 1.54) is 12.1 Å². The molecule has 0 radical (unpaired) electrons. The molecular weight excluding hydrogens is 416 g/mol. The van der Waals surface area contributed by atoms with Gasteiger partial charge in [0.05, 0.1) is 16.6 Å². The van der Waals surface area contributed by atoms with Gasteiger partial charge >= 0.3 is 5.97 Å². The van der Waals surface area contributed by atoms with Crippen LogP contribution in [-0.4, -0.2) is 40.9 Å². The number of nitrogens with two attached hydrogens (primary N) is 1. The highest BCUT2D eigenvalue weighted by molar-refractivity contribution is 7.15. The van der Waals surface area contributed by atoms with E-state index in [4.69, 9.17) is 10.8 Å². The molecule has 0 saturated carbocycles. The number of nitrogens with one attached hydrogen (secondary N) is 2. The molecule has 1 amide bonds. The zero-order valence-corrected chi connectivity index (χ0v) is 19.0. The van der Waals surface area contributed by atoms with Crippen molar-refractivity contribution < 1.29 is 19.8 Å². The van der Waals surface area contributed by atoms with Crippen molar-refractivity contribution in [2.45, 2.75) is 39.2 Å². The van der Waals surface area contributed by atoms with Crippen LogP contribution in [0.3, 0.4) is 0 Å². The Hall–Kier alpha value is -3.17. The number of carboxylic acids is 1. The molecule has 1 atom stereocenters. The van der Waals surface area contributed by atoms with Gasteiger partial charge in [-0.05, 0) is 30.0 Å². The largest absolute Gasteiger partial charge is 0.504 e. The Morgan fingerprint density at radius 3 is 2.13 bits per heavy atom. The van der Waals surface area contributed by atoms with Gasteiger partial charge in [0, 0.05) is 12.6 Å². The van der Waals surface area contributed by atoms with Crippen molar-refractivity contribution >= 4 is 28.9 Å². The second-order valence-corrected chi connectivity index (χ2v) is 9.08. The van der Waals surface area contributed by atoms with Gasteiger partial charge in [-0.1, -0.05) is 45.0 Å². The van der Waals surface area contributed by atoms with Crippen molar-refractivity contribution in [2.24, 2.45) is 10.7 Å². The monoisotopic (exact) mass is 444 g/mol. The van der Waals surface area contributed by atoms with Crippen LogP contribution in [0.2, 0.25) is 0 Å². The molecule has 6 N–H and O–H groups in total. The quantitative estimate of drug-likeness (QED) is 0.253. The summed E-state index contributed by atoms with van der Waals surface area (Å²) in [6.07, 6.45) is 0. The maximum atomic E-state index is 12.2. The lowest BCUT2D eigenvalue weighted by molar-refractivity contribution is 0.0702. The van der Waals surface area contributed by atoms with Crippen LogP contribution in [-0.2, 0) is 5.41 Å². The van der Waals surface area contributed by atoms with Crippen LogP contribution in [0.1, 0.15) is 58.2 Å². The normalized spacial score (nSPS) is 14.0. The van der Waals surface area contributed by atoms with Crippen LogP contribution in [0.25, 0.3) is 0 Å². The average molecular weight is 445 g/mol. The van der Waals surface area contributed by atoms with Crippen LogP contribution in [0, 0.1) is 0 Å². The molecule has 31 heavy (non-hydrogen) atoms. The molecule has 0 bridgehead atoms. The number of amides is 1. The lowest BCUT2D eigenvalue weighted by Gasteiger charge is -2.20. The Labute approximate surface area is 185 Å². The SMILES string of the molecule is CN=C(C(O)=C(N)C(C)NNC(=O)c1ccc(C(=O)O)s1)c1ccc(C(C)(C)C)cc1. The molecule has 0 saturated heterocycles. The topological polar surface area (TPSA) is 137 Å². The number of aliphatic hydroxyl groups excluding tert-OH is 1. The first-order valence-electron chi connectivity index (χ1n) is 9.61. The molecule has 1 unspecified atom stereocenters. The number of aliphatic imine (C=N–C) groups is 1. The molecule has 8 nitrogen and oxygen atoms in total. The van der Waals surface area contributed by atoms with Gasteiger partial charge in [-0.25, -0.2) is 10.2 Å². The lowest BCUT2D eigenvalue weighted by atomic mass is 9.86. The van der Waals surface area contributed by atoms with Gasteiger partial charge in [0.2, 0.25) is 0 Å². The zero-order valence-electron chi connectivity index (χ0n) is 18.2. The number of carbonyl (C=O) groups is 2. The number of aliphatic hydroxyl groups is 1. The summed E-state index contributed by atoms with van der Waals surface area (Å²) in [6.45, 7) is 8.02. The summed E-state index contributed by atoms with van der Waals surface area (Å²) < 4.78 is 0. The average Bonchev–Trinajstić information content (AvgIpc) is 3.22. The van der Waals surface area contributed by atoms with E-state index in [0.29, 0.717) is 11.3 Å². The fraction of sp³-hybridized carbons (Fsp3) is 0.318. The Bertz CT molecular complexity index is 1020. The van der Waals surface area contributed by atoms with Crippen molar-refractivity contribution in [2.75, 3.05) is 7.05 Å². The minimum atomic E-state index is -1.09. The molecule has 1 aromatic carbocycles. The maximum Gasteiger partial charge on any atom is 0.345 e. The predicted octanol–water partition coefficient (Wildman–Crippen LogP) is 3.21. The summed E-state index contributed by atoms with van der Waals surface area (Å²) >= 11 is 0.861. The third-order valence-corrected chi connectivity index (χ3v) is 5.73. The van der Waals surface area contributed by atoms with Gasteiger partial charge < -0.3 is 15.9 Å². The van der Waals surface area contributed by atoms with Crippen molar-refractivity contribution in [3.8, 4) is 0 Å². The molecule has 1 heterocycles. The van der Waals surface area contributed by atoms with E-state index in [1.54, 1.807) is 14.0 Å². The highest BCUT2D eigenvalue weighted by Crippen LogP contribution is 2.23. The second kappa shape index (κ2) is 9.76. The summed E-state index contributed by atoms with van der Waals surface area (Å²) in [5.74, 6) is -1.78. The van der Waals surface area contributed by atoms with Gasteiger partial charge in [0.1, 0.15) is 10.6 Å². The number of thiophene rings is 1. The number of nitrogens with zero attached hydrogens (tertiary/aromatic N) is 1. The number of rotatable bonds is 7. The van der Waals surface area contributed by atoms with E-state index in [1.807, 2.05) is 24.3 Å². The van der Waals surface area contributed by atoms with E-state index in [-0.39, 0.29) is 26.6 Å². The molecule has 2 rings (SSSR count). The Kier molecular flexibility index (Phi) is 7.59. The predicted molar refractivity (Wildman–Crippen MR) is 123 cm³/mol. The summed E-state index contributed by atoms with van der Waals surface area (Å²) in [5.41, 5.74) is 13.6. The van der Waals surface area contributed by atoms with E-state index < -0.39 is 17.9 Å². The van der Waals surface area contributed by atoms with E-state index in [0.717, 1.165) is 16.9 Å². The summed E-state index contributed by atoms with van der Waals surface area (Å²) in [5, 5.41) is 19.6. The minimum Gasteiger partial charge on any atom is -0.504 e. The number of carbonyl (C=O) groups excluding carboxylic acids is 1. The molecule has 166 valence electrons. The molecule has 0 aliphatic carbocycles. The van der Waals surface area contributed by atoms with Crippen LogP contribution >= 0.6 is 11.3 Å². The molecule has 0 aliphatic rings. The first-order valence-corrected chi connectivity index (χ1v) is 10.4. The van der Waals surface area contributed by atoms with Gasteiger partial charge in [0.15, 0.2) is 5.76 Å². The fourth-order valence-electron chi connectivity index (χ4n) is 2.73. The molecule has 0 spiro atoms. The van der Waals surface area contributed by atoms with Crippen LogP contribution in [0.5, 0.6) is 0 Å². The first kappa shape index (κ1) is 24.1. The molecule has 0 aliphatic heterocycles. The molecule has 1 aromatic heterocycles. The van der Waals surface area contributed by atoms with Crippen LogP contribution in [0.15, 0.2) is 52.8 Å². The molecular formula is C22H28N4O4S. The van der Waals surface area contributed by atoms with Crippen LogP contribution < -0.4 is 16.6 Å². The minimum absolute atomic E-state index is 0.00337. The van der Waals surface area contributed by atoms with Crippen molar-refractivity contribution in [3.05, 3.63) is 68.7 Å². The first-order chi connectivity index (χ1) is 14.5. The Balaban J connectivity index is 2.12. The van der Waals surface area contributed by atoms with E-state index in [9.17, 15) is 14.7 Å². The smallest absolute Gasteiger partial charge is 0.345 e. The molecule has 2 aromatic rings. The van der Waals surface area contributed by atoms with Gasteiger partial charge in [-0.2, -0.15) is 0 Å². The highest BCUT2D eigenvalue weighted by atomic mass is 32.1. The van der Waals surface area contributed by atoms with Crippen LogP contribution in [0.4, 0.5) is 0 Å². The zero-order chi connectivity index (χ0) is 23.3. The third-order valence-electron chi connectivity index (χ3n) is 4.65. The van der Waals surface area contributed by atoms with E-state index in [2.05, 4.69) is 36.6 Å². The standard InChI is InChI=1S/C22H28N4O4S/c1-12(25-26-20(28)15-10-11-16(31-15)21(29)30)17(23)19(27)18(24-5)13-6-8-14(9-7-13)22(2,3)4/h6-12,25,27H,23H2,1-5H3,(H,26,28)(H,29,30). The van der Waals surface area contributed by atoms with Gasteiger partial charge in [0.25, 0.3) is 5.91 Å². The fourth-order valence-corrected chi connectivity index (χ4v) is 3.47. The van der Waals surface area contributed by atoms with Crippen molar-refractivity contribution in [1.82, 2.24) is 10.9 Å². The number of aromatic carboxylic acids is 1. The summed E-state index contributed by atoms with van der Waals surface area (Å²) in [4.78, 5) is 27.6. The molecule has 9 heteroatoms. The van der Waals surface area contributed by atoms with Crippen molar-refractivity contribution in [3.63, 3.8) is 0 Å². The van der Waals surface area contributed by atoms with Crippen molar-refractivity contribution in [1.29, 1.82) is 0 Å². The lowest BCUT2D eigenvalue weighted by Crippen LogP contribution is -2.45. The number of allylic oxidation sites excluding steroid dienone is 1. The Morgan fingerprint density at radius 1 is 1.06 bits per heavy atom. The number of hydrazine groups is 1. The third kappa shape index (κ3) is 5.93. The number of hydrogen-bond donors (Lipinski definition) is 5. The Morgan fingerprint density at radius 2 is 1.65 bits per heavy atom. The number of benzene rings is 1. The number of carboxylic acid groups (broad SMARTS) is 1. The maximum absolute atomic E-state index is 12.2.